The van der Waals surface area contributed by atoms with Crippen molar-refractivity contribution in [2.45, 2.75) is 6.54 Å². The number of H-pyrrole nitrogens is 1. The summed E-state index contributed by atoms with van der Waals surface area (Å²) in [7, 11) is 0. The number of nitrogens with one attached hydrogen (secondary N) is 1. The topological polar surface area (TPSA) is 42.8 Å². The van der Waals surface area contributed by atoms with E-state index in [9.17, 15) is 4.39 Å². The Morgan fingerprint density at radius 1 is 1.14 bits per heavy atom. The van der Waals surface area contributed by atoms with Crippen LogP contribution in [0.3, 0.4) is 0 Å². The van der Waals surface area contributed by atoms with E-state index in [0.29, 0.717) is 18.9 Å². The Kier molecular flexibility index (Phi) is 3.04. The minimum atomic E-state index is -0.300. The molecule has 2 aromatic heterocycles. The van der Waals surface area contributed by atoms with E-state index < -0.39 is 0 Å². The first-order chi connectivity index (χ1) is 10.8. The molecule has 0 amide bonds. The molecule has 0 atom stereocenters. The zero-order valence-corrected chi connectivity index (χ0v) is 11.8. The molecule has 0 aliphatic heterocycles. The number of aromatic nitrogens is 3. The highest BCUT2D eigenvalue weighted by Gasteiger charge is 2.11. The summed E-state index contributed by atoms with van der Waals surface area (Å²) < 4.78 is 21.4. The minimum Gasteiger partial charge on any atom is -0.489 e. The molecular formula is C17H14FN3O. The number of hydrogen-bond donors (Lipinski definition) is 1. The van der Waals surface area contributed by atoms with Crippen molar-refractivity contribution < 1.29 is 9.13 Å². The molecule has 4 nitrogen and oxygen atoms in total. The number of para-hydroxylation sites is 1. The summed E-state index contributed by atoms with van der Waals surface area (Å²) in [6.45, 7) is 1.04. The molecule has 0 saturated carbocycles. The normalized spacial score (nSPS) is 11.3. The monoisotopic (exact) mass is 295 g/mol. The van der Waals surface area contributed by atoms with Crippen molar-refractivity contribution in [1.82, 2.24) is 14.8 Å². The Hall–Kier alpha value is -2.82. The van der Waals surface area contributed by atoms with E-state index in [1.807, 2.05) is 36.5 Å². The molecule has 0 unspecified atom stereocenters. The van der Waals surface area contributed by atoms with E-state index in [1.165, 1.54) is 12.1 Å². The molecule has 110 valence electrons. The number of hydrogen-bond acceptors (Lipinski definition) is 2. The van der Waals surface area contributed by atoms with Crippen molar-refractivity contribution >= 4 is 21.8 Å². The first-order valence-electron chi connectivity index (χ1n) is 7.11. The van der Waals surface area contributed by atoms with Crippen LogP contribution in [-0.4, -0.2) is 21.4 Å². The van der Waals surface area contributed by atoms with Crippen LogP contribution in [-0.2, 0) is 6.54 Å². The molecule has 22 heavy (non-hydrogen) atoms. The van der Waals surface area contributed by atoms with Crippen molar-refractivity contribution in [3.63, 3.8) is 0 Å². The highest BCUT2D eigenvalue weighted by Crippen LogP contribution is 2.32. The summed E-state index contributed by atoms with van der Waals surface area (Å²) in [5, 5.41) is 5.95. The lowest BCUT2D eigenvalue weighted by atomic mass is 10.1. The number of ether oxygens (including phenoxy) is 1. The van der Waals surface area contributed by atoms with Crippen LogP contribution in [0.25, 0.3) is 21.8 Å². The summed E-state index contributed by atoms with van der Waals surface area (Å²) >= 11 is 0. The van der Waals surface area contributed by atoms with Gasteiger partial charge in [-0.2, -0.15) is 5.10 Å². The van der Waals surface area contributed by atoms with Gasteiger partial charge in [0, 0.05) is 34.7 Å². The maximum Gasteiger partial charge on any atom is 0.146 e. The molecule has 0 spiro atoms. The Bertz CT molecular complexity index is 928. The third-order valence-corrected chi connectivity index (χ3v) is 3.68. The van der Waals surface area contributed by atoms with Crippen LogP contribution < -0.4 is 4.74 Å². The lowest BCUT2D eigenvalue weighted by molar-refractivity contribution is 0.293. The largest absolute Gasteiger partial charge is 0.489 e. The maximum absolute atomic E-state index is 13.9. The second-order valence-electron chi connectivity index (χ2n) is 5.11. The summed E-state index contributed by atoms with van der Waals surface area (Å²) in [6, 6.07) is 12.7. The van der Waals surface area contributed by atoms with Crippen LogP contribution in [0.15, 0.2) is 54.9 Å². The highest BCUT2D eigenvalue weighted by molar-refractivity contribution is 6.09. The summed E-state index contributed by atoms with van der Waals surface area (Å²) in [4.78, 5) is 3.30. The Balaban J connectivity index is 1.70. The molecule has 0 bridgehead atoms. The smallest absolute Gasteiger partial charge is 0.146 e. The van der Waals surface area contributed by atoms with Crippen LogP contribution in [0.5, 0.6) is 5.75 Å². The van der Waals surface area contributed by atoms with E-state index in [4.69, 9.17) is 4.74 Å². The number of halogens is 1. The molecule has 0 radical (unpaired) electrons. The molecule has 0 aliphatic carbocycles. The number of rotatable bonds is 4. The third kappa shape index (κ3) is 2.20. The first-order valence-corrected chi connectivity index (χ1v) is 7.11. The molecule has 0 saturated heterocycles. The van der Waals surface area contributed by atoms with Gasteiger partial charge in [0.1, 0.15) is 18.2 Å². The van der Waals surface area contributed by atoms with E-state index in [-0.39, 0.29) is 5.82 Å². The molecule has 2 heterocycles. The van der Waals surface area contributed by atoms with Gasteiger partial charge < -0.3 is 9.72 Å². The molecular weight excluding hydrogens is 281 g/mol. The molecule has 5 heteroatoms. The molecule has 2 aromatic carbocycles. The predicted molar refractivity (Wildman–Crippen MR) is 83.5 cm³/mol. The van der Waals surface area contributed by atoms with Crippen LogP contribution in [0.4, 0.5) is 4.39 Å². The van der Waals surface area contributed by atoms with E-state index in [1.54, 1.807) is 10.9 Å². The Morgan fingerprint density at radius 3 is 2.91 bits per heavy atom. The van der Waals surface area contributed by atoms with Gasteiger partial charge in [-0.1, -0.05) is 18.2 Å². The Labute approximate surface area is 126 Å². The SMILES string of the molecule is Fc1cc(OCCn2cccn2)c2[nH]c3ccccc3c2c1. The average Bonchev–Trinajstić information content (AvgIpc) is 3.15. The zero-order valence-electron chi connectivity index (χ0n) is 11.8. The van der Waals surface area contributed by atoms with Gasteiger partial charge in [0.2, 0.25) is 0 Å². The second-order valence-corrected chi connectivity index (χ2v) is 5.11. The standard InChI is InChI=1S/C17H14FN3O/c18-12-10-14-13-4-1-2-5-15(13)20-17(14)16(11-12)22-9-8-21-7-3-6-19-21/h1-7,10-11,20H,8-9H2. The van der Waals surface area contributed by atoms with E-state index in [2.05, 4.69) is 10.1 Å². The first kappa shape index (κ1) is 12.9. The van der Waals surface area contributed by atoms with Gasteiger partial charge in [0.25, 0.3) is 0 Å². The summed E-state index contributed by atoms with van der Waals surface area (Å²) in [5.41, 5.74) is 1.79. The maximum atomic E-state index is 13.9. The van der Waals surface area contributed by atoms with Gasteiger partial charge in [0.05, 0.1) is 12.1 Å². The van der Waals surface area contributed by atoms with Crippen molar-refractivity contribution in [3.8, 4) is 5.75 Å². The summed E-state index contributed by atoms with van der Waals surface area (Å²) in [6.07, 6.45) is 3.59. The van der Waals surface area contributed by atoms with Crippen LogP contribution in [0, 0.1) is 5.82 Å². The summed E-state index contributed by atoms with van der Waals surface area (Å²) in [5.74, 6) is 0.227. The number of aromatic amines is 1. The molecule has 1 N–H and O–H groups in total. The van der Waals surface area contributed by atoms with Gasteiger partial charge in [-0.15, -0.1) is 0 Å². The number of nitrogens with zero attached hydrogens (tertiary/aromatic N) is 2. The Morgan fingerprint density at radius 2 is 2.05 bits per heavy atom. The van der Waals surface area contributed by atoms with E-state index in [0.717, 1.165) is 21.8 Å². The van der Waals surface area contributed by atoms with Gasteiger partial charge >= 0.3 is 0 Å². The quantitative estimate of drug-likeness (QED) is 0.623. The minimum absolute atomic E-state index is 0.300. The lowest BCUT2D eigenvalue weighted by Gasteiger charge is -2.08. The number of fused-ring (bicyclic) bond motifs is 3. The molecule has 4 aromatic rings. The van der Waals surface area contributed by atoms with E-state index >= 15 is 0 Å². The fraction of sp³-hybridized carbons (Fsp3) is 0.118. The van der Waals surface area contributed by atoms with Gasteiger partial charge in [-0.3, -0.25) is 4.68 Å². The van der Waals surface area contributed by atoms with Crippen LogP contribution >= 0.6 is 0 Å². The predicted octanol–water partition coefficient (Wildman–Crippen LogP) is 3.74. The van der Waals surface area contributed by atoms with Crippen LogP contribution in [0.2, 0.25) is 0 Å². The van der Waals surface area contributed by atoms with Crippen molar-refractivity contribution in [3.05, 3.63) is 60.7 Å². The average molecular weight is 295 g/mol. The molecule has 0 fully saturated rings. The molecule has 4 rings (SSSR count). The number of benzene rings is 2. The van der Waals surface area contributed by atoms with Crippen LogP contribution in [0.1, 0.15) is 0 Å². The lowest BCUT2D eigenvalue weighted by Crippen LogP contribution is -2.08. The van der Waals surface area contributed by atoms with Gasteiger partial charge in [-0.05, 0) is 18.2 Å². The second kappa shape index (κ2) is 5.18. The van der Waals surface area contributed by atoms with Crippen molar-refractivity contribution in [2.75, 3.05) is 6.61 Å². The van der Waals surface area contributed by atoms with Gasteiger partial charge in [0.15, 0.2) is 0 Å². The fourth-order valence-electron chi connectivity index (χ4n) is 2.68. The fourth-order valence-corrected chi connectivity index (χ4v) is 2.68. The highest BCUT2D eigenvalue weighted by atomic mass is 19.1. The zero-order chi connectivity index (χ0) is 14.9. The van der Waals surface area contributed by atoms with Crippen molar-refractivity contribution in [2.24, 2.45) is 0 Å². The molecule has 0 aliphatic rings. The van der Waals surface area contributed by atoms with Gasteiger partial charge in [-0.25, -0.2) is 4.39 Å². The third-order valence-electron chi connectivity index (χ3n) is 3.68. The van der Waals surface area contributed by atoms with Crippen molar-refractivity contribution in [1.29, 1.82) is 0 Å².